The summed E-state index contributed by atoms with van der Waals surface area (Å²) in [6.07, 6.45) is 5.20. The Balaban J connectivity index is 1.90. The summed E-state index contributed by atoms with van der Waals surface area (Å²) in [6, 6.07) is 1.76. The molecule has 0 unspecified atom stereocenters. The zero-order valence-electron chi connectivity index (χ0n) is 9.30. The van der Waals surface area contributed by atoms with E-state index in [1.807, 2.05) is 0 Å². The molecule has 2 aromatic rings. The first-order valence-corrected chi connectivity index (χ1v) is 6.08. The third-order valence-corrected chi connectivity index (χ3v) is 3.04. The van der Waals surface area contributed by atoms with Crippen LogP contribution < -0.4 is 5.43 Å². The van der Waals surface area contributed by atoms with Gasteiger partial charge in [0, 0.05) is 19.2 Å². The number of hydrazine groups is 1. The van der Waals surface area contributed by atoms with Crippen LogP contribution in [0, 0.1) is 0 Å². The van der Waals surface area contributed by atoms with Crippen molar-refractivity contribution in [2.24, 2.45) is 0 Å². The molecule has 0 saturated carbocycles. The molecule has 7 heteroatoms. The summed E-state index contributed by atoms with van der Waals surface area (Å²) >= 11 is 5.95. The van der Waals surface area contributed by atoms with Crippen LogP contribution in [-0.2, 0) is 0 Å². The van der Waals surface area contributed by atoms with Crippen LogP contribution in [0.15, 0.2) is 12.4 Å². The molecular weight excluding hydrogens is 240 g/mol. The van der Waals surface area contributed by atoms with Gasteiger partial charge in [0.1, 0.15) is 17.3 Å². The largest absolute Gasteiger partial charge is 0.303 e. The van der Waals surface area contributed by atoms with E-state index in [1.54, 1.807) is 10.6 Å². The summed E-state index contributed by atoms with van der Waals surface area (Å²) < 4.78 is 1.65. The second-order valence-corrected chi connectivity index (χ2v) is 4.48. The molecule has 3 rings (SSSR count). The van der Waals surface area contributed by atoms with Gasteiger partial charge < -0.3 is 5.43 Å². The molecule has 3 heterocycles. The summed E-state index contributed by atoms with van der Waals surface area (Å²) in [5.41, 5.74) is 3.32. The molecule has 90 valence electrons. The summed E-state index contributed by atoms with van der Waals surface area (Å²) in [6.45, 7) is 2.08. The molecule has 0 amide bonds. The molecule has 6 nitrogen and oxygen atoms in total. The van der Waals surface area contributed by atoms with Crippen molar-refractivity contribution in [2.45, 2.75) is 19.3 Å². The lowest BCUT2D eigenvalue weighted by Gasteiger charge is -2.27. The SMILES string of the molecule is Clc1cc(NN2CCCCC2)n2ncnc2n1. The van der Waals surface area contributed by atoms with Crippen LogP contribution in [0.1, 0.15) is 19.3 Å². The third kappa shape index (κ3) is 2.18. The molecule has 1 aliphatic heterocycles. The van der Waals surface area contributed by atoms with Gasteiger partial charge in [-0.3, -0.25) is 0 Å². The highest BCUT2D eigenvalue weighted by atomic mass is 35.5. The van der Waals surface area contributed by atoms with Gasteiger partial charge in [0.2, 0.25) is 0 Å². The van der Waals surface area contributed by atoms with Crippen LogP contribution in [0.4, 0.5) is 5.82 Å². The molecule has 0 bridgehead atoms. The molecule has 1 N–H and O–H groups in total. The lowest BCUT2D eigenvalue weighted by atomic mass is 10.2. The van der Waals surface area contributed by atoms with Gasteiger partial charge in [-0.15, -0.1) is 0 Å². The summed E-state index contributed by atoms with van der Waals surface area (Å²) in [4.78, 5) is 8.12. The predicted molar refractivity (Wildman–Crippen MR) is 64.8 cm³/mol. The Hall–Kier alpha value is -1.40. The minimum Gasteiger partial charge on any atom is -0.303 e. The summed E-state index contributed by atoms with van der Waals surface area (Å²) in [5.74, 6) is 1.32. The van der Waals surface area contributed by atoms with E-state index in [1.165, 1.54) is 25.6 Å². The van der Waals surface area contributed by atoms with E-state index >= 15 is 0 Å². The zero-order valence-corrected chi connectivity index (χ0v) is 10.1. The number of nitrogens with zero attached hydrogens (tertiary/aromatic N) is 5. The fourth-order valence-corrected chi connectivity index (χ4v) is 2.21. The van der Waals surface area contributed by atoms with Gasteiger partial charge in [-0.1, -0.05) is 18.0 Å². The fraction of sp³-hybridized carbons (Fsp3) is 0.500. The van der Waals surface area contributed by atoms with Crippen molar-refractivity contribution in [2.75, 3.05) is 18.5 Å². The standard InChI is InChI=1S/C10H13ClN6/c11-8-6-9(15-16-4-2-1-3-5-16)17-10(14-8)12-7-13-17/h6-7,15H,1-5H2. The second-order valence-electron chi connectivity index (χ2n) is 4.10. The van der Waals surface area contributed by atoms with Crippen molar-refractivity contribution >= 4 is 23.2 Å². The number of halogens is 1. The third-order valence-electron chi connectivity index (χ3n) is 2.85. The van der Waals surface area contributed by atoms with E-state index in [2.05, 4.69) is 25.5 Å². The fourth-order valence-electron chi connectivity index (χ4n) is 2.03. The maximum absolute atomic E-state index is 5.95. The first kappa shape index (κ1) is 10.7. The maximum Gasteiger partial charge on any atom is 0.255 e. The highest BCUT2D eigenvalue weighted by molar-refractivity contribution is 6.29. The van der Waals surface area contributed by atoms with Crippen molar-refractivity contribution in [3.05, 3.63) is 17.5 Å². The quantitative estimate of drug-likeness (QED) is 0.823. The van der Waals surface area contributed by atoms with Crippen LogP contribution in [0.3, 0.4) is 0 Å². The Morgan fingerprint density at radius 2 is 2.06 bits per heavy atom. The minimum atomic E-state index is 0.421. The highest BCUT2D eigenvalue weighted by Gasteiger charge is 2.12. The summed E-state index contributed by atoms with van der Waals surface area (Å²) in [7, 11) is 0. The van der Waals surface area contributed by atoms with Crippen molar-refractivity contribution in [1.82, 2.24) is 24.6 Å². The number of hydrogen-bond acceptors (Lipinski definition) is 5. The van der Waals surface area contributed by atoms with Gasteiger partial charge >= 0.3 is 0 Å². The van der Waals surface area contributed by atoms with Gasteiger partial charge in [0.15, 0.2) is 0 Å². The Labute approximate surface area is 104 Å². The Morgan fingerprint density at radius 3 is 2.88 bits per heavy atom. The van der Waals surface area contributed by atoms with Gasteiger partial charge in [0.25, 0.3) is 5.78 Å². The van der Waals surface area contributed by atoms with Gasteiger partial charge in [-0.25, -0.2) is 5.01 Å². The summed E-state index contributed by atoms with van der Waals surface area (Å²) in [5, 5.41) is 6.72. The Bertz CT molecular complexity index is 518. The molecule has 17 heavy (non-hydrogen) atoms. The molecule has 1 fully saturated rings. The predicted octanol–water partition coefficient (Wildman–Crippen LogP) is 1.59. The molecule has 0 aliphatic carbocycles. The molecule has 1 saturated heterocycles. The Morgan fingerprint density at radius 1 is 1.24 bits per heavy atom. The van der Waals surface area contributed by atoms with E-state index < -0.39 is 0 Å². The van der Waals surface area contributed by atoms with Crippen LogP contribution in [0.2, 0.25) is 5.15 Å². The number of piperidine rings is 1. The van der Waals surface area contributed by atoms with E-state index in [-0.39, 0.29) is 0 Å². The monoisotopic (exact) mass is 252 g/mol. The number of fused-ring (bicyclic) bond motifs is 1. The lowest BCUT2D eigenvalue weighted by molar-refractivity contribution is 0.271. The van der Waals surface area contributed by atoms with Crippen molar-refractivity contribution < 1.29 is 0 Å². The first-order chi connectivity index (χ1) is 8.33. The molecule has 0 spiro atoms. The number of aromatic nitrogens is 4. The minimum absolute atomic E-state index is 0.421. The topological polar surface area (TPSA) is 58.4 Å². The van der Waals surface area contributed by atoms with Crippen molar-refractivity contribution in [3.8, 4) is 0 Å². The van der Waals surface area contributed by atoms with Crippen LogP contribution in [0.5, 0.6) is 0 Å². The second kappa shape index (κ2) is 4.46. The van der Waals surface area contributed by atoms with Crippen LogP contribution in [-0.4, -0.2) is 37.7 Å². The van der Waals surface area contributed by atoms with Gasteiger partial charge in [-0.05, 0) is 12.8 Å². The number of nitrogens with one attached hydrogen (secondary N) is 1. The molecule has 0 radical (unpaired) electrons. The van der Waals surface area contributed by atoms with E-state index in [0.717, 1.165) is 18.9 Å². The average Bonchev–Trinajstić information content (AvgIpc) is 2.78. The highest BCUT2D eigenvalue weighted by Crippen LogP contribution is 2.17. The van der Waals surface area contributed by atoms with E-state index in [4.69, 9.17) is 11.6 Å². The average molecular weight is 253 g/mol. The molecular formula is C10H13ClN6. The first-order valence-electron chi connectivity index (χ1n) is 5.71. The lowest BCUT2D eigenvalue weighted by Crippen LogP contribution is -2.35. The van der Waals surface area contributed by atoms with Crippen molar-refractivity contribution in [1.29, 1.82) is 0 Å². The van der Waals surface area contributed by atoms with E-state index in [0.29, 0.717) is 10.9 Å². The van der Waals surface area contributed by atoms with Crippen LogP contribution >= 0.6 is 11.6 Å². The molecule has 1 aliphatic rings. The van der Waals surface area contributed by atoms with E-state index in [9.17, 15) is 0 Å². The normalized spacial score (nSPS) is 17.5. The zero-order chi connectivity index (χ0) is 11.7. The number of hydrogen-bond donors (Lipinski definition) is 1. The smallest absolute Gasteiger partial charge is 0.255 e. The molecule has 2 aromatic heterocycles. The Kier molecular flexibility index (Phi) is 2.82. The molecule has 0 atom stereocenters. The number of anilines is 1. The molecule has 0 aromatic carbocycles. The van der Waals surface area contributed by atoms with Gasteiger partial charge in [-0.2, -0.15) is 19.6 Å². The maximum atomic E-state index is 5.95. The number of rotatable bonds is 2. The van der Waals surface area contributed by atoms with Gasteiger partial charge in [0.05, 0.1) is 0 Å². The van der Waals surface area contributed by atoms with Crippen LogP contribution in [0.25, 0.3) is 5.78 Å². The van der Waals surface area contributed by atoms with Crippen molar-refractivity contribution in [3.63, 3.8) is 0 Å².